The zero-order chi connectivity index (χ0) is 20.9. The Morgan fingerprint density at radius 2 is 1.73 bits per heavy atom. The molecule has 1 atom stereocenters. The Balaban J connectivity index is 1.45. The molecule has 2 heterocycles. The number of imide groups is 1. The van der Waals surface area contributed by atoms with E-state index in [1.165, 1.54) is 6.42 Å². The van der Waals surface area contributed by atoms with Crippen LogP contribution in [-0.4, -0.2) is 23.3 Å². The van der Waals surface area contributed by atoms with Crippen LogP contribution >= 0.6 is 11.6 Å². The van der Waals surface area contributed by atoms with Gasteiger partial charge >= 0.3 is 0 Å². The summed E-state index contributed by atoms with van der Waals surface area (Å²) in [5.74, 6) is -0.741. The average Bonchev–Trinajstić information content (AvgIpc) is 3.07. The van der Waals surface area contributed by atoms with E-state index in [-0.39, 0.29) is 23.3 Å². The lowest BCUT2D eigenvalue weighted by atomic mass is 9.74. The minimum atomic E-state index is -0.421. The summed E-state index contributed by atoms with van der Waals surface area (Å²) in [7, 11) is 0. The second-order valence-corrected chi connectivity index (χ2v) is 8.94. The molecule has 1 N–H and O–H groups in total. The maximum atomic E-state index is 12.5. The Morgan fingerprint density at radius 3 is 2.40 bits per heavy atom. The number of amides is 3. The Bertz CT molecular complexity index is 1040. The summed E-state index contributed by atoms with van der Waals surface area (Å²) in [6.45, 7) is 0. The number of benzene rings is 2. The summed E-state index contributed by atoms with van der Waals surface area (Å²) in [6.07, 6.45) is 5.71. The molecule has 2 aromatic rings. The van der Waals surface area contributed by atoms with Gasteiger partial charge in [0.1, 0.15) is 0 Å². The van der Waals surface area contributed by atoms with Crippen LogP contribution in [0, 0.1) is 0 Å². The zero-order valence-corrected chi connectivity index (χ0v) is 17.4. The maximum absolute atomic E-state index is 12.5. The van der Waals surface area contributed by atoms with Gasteiger partial charge in [-0.15, -0.1) is 0 Å². The second-order valence-electron chi connectivity index (χ2n) is 8.57. The number of carbonyl (C=O) groups excluding carboxylic acids is 3. The van der Waals surface area contributed by atoms with E-state index in [4.69, 9.17) is 11.6 Å². The highest BCUT2D eigenvalue weighted by atomic mass is 35.5. The number of hydrogen-bond acceptors (Lipinski definition) is 3. The lowest BCUT2D eigenvalue weighted by Gasteiger charge is -2.45. The van der Waals surface area contributed by atoms with E-state index < -0.39 is 5.92 Å². The van der Waals surface area contributed by atoms with Gasteiger partial charge in [0.05, 0.1) is 10.9 Å². The number of nitrogens with zero attached hydrogens (tertiary/aromatic N) is 1. The highest BCUT2D eigenvalue weighted by Crippen LogP contribution is 2.48. The number of halogens is 1. The molecule has 5 rings (SSSR count). The molecule has 2 aromatic carbocycles. The van der Waals surface area contributed by atoms with E-state index in [1.54, 1.807) is 0 Å². The predicted octanol–water partition coefficient (Wildman–Crippen LogP) is 4.58. The van der Waals surface area contributed by atoms with Gasteiger partial charge in [-0.2, -0.15) is 0 Å². The largest absolute Gasteiger partial charge is 0.306 e. The van der Waals surface area contributed by atoms with Crippen molar-refractivity contribution < 1.29 is 14.4 Å². The molecule has 0 radical (unpaired) electrons. The topological polar surface area (TPSA) is 66.5 Å². The first kappa shape index (κ1) is 19.3. The lowest BCUT2D eigenvalue weighted by molar-refractivity contribution is -0.134. The highest BCUT2D eigenvalue weighted by molar-refractivity contribution is 6.34. The quantitative estimate of drug-likeness (QED) is 0.736. The van der Waals surface area contributed by atoms with Crippen molar-refractivity contribution in [2.45, 2.75) is 56.4 Å². The smallest absolute Gasteiger partial charge is 0.234 e. The fourth-order valence-electron chi connectivity index (χ4n) is 5.13. The van der Waals surface area contributed by atoms with Crippen LogP contribution in [0.4, 0.5) is 5.69 Å². The van der Waals surface area contributed by atoms with E-state index in [9.17, 15) is 14.4 Å². The standard InChI is InChI=1S/C24H23ClN2O3/c25-22-17(3-1-4-18(22)19-9-10-20(28)26-23(19)30)15-5-7-16(8-6-15)27-21(29)11-14-24(27)12-2-13-24/h1,3-8,19H,2,9-14H2,(H,26,28,30). The van der Waals surface area contributed by atoms with Gasteiger partial charge in [-0.1, -0.05) is 41.9 Å². The Morgan fingerprint density at radius 1 is 0.967 bits per heavy atom. The molecule has 1 saturated carbocycles. The van der Waals surface area contributed by atoms with Gasteiger partial charge in [0.2, 0.25) is 17.7 Å². The van der Waals surface area contributed by atoms with Crippen molar-refractivity contribution in [2.75, 3.05) is 4.90 Å². The van der Waals surface area contributed by atoms with Crippen LogP contribution in [0.1, 0.15) is 56.4 Å². The predicted molar refractivity (Wildman–Crippen MR) is 115 cm³/mol. The van der Waals surface area contributed by atoms with Gasteiger partial charge < -0.3 is 4.90 Å². The van der Waals surface area contributed by atoms with Gasteiger partial charge in [0.15, 0.2) is 0 Å². The summed E-state index contributed by atoms with van der Waals surface area (Å²) in [5.41, 5.74) is 3.50. The molecule has 3 amide bonds. The molecule has 1 unspecified atom stereocenters. The van der Waals surface area contributed by atoms with Crippen LogP contribution in [-0.2, 0) is 14.4 Å². The molecule has 154 valence electrons. The molecule has 30 heavy (non-hydrogen) atoms. The first-order chi connectivity index (χ1) is 14.5. The number of hydrogen-bond donors (Lipinski definition) is 1. The average molecular weight is 423 g/mol. The van der Waals surface area contributed by atoms with Crippen LogP contribution in [0.25, 0.3) is 11.1 Å². The third kappa shape index (κ3) is 3.03. The lowest BCUT2D eigenvalue weighted by Crippen LogP contribution is -2.51. The van der Waals surface area contributed by atoms with Crippen molar-refractivity contribution in [3.63, 3.8) is 0 Å². The van der Waals surface area contributed by atoms with Crippen molar-refractivity contribution in [1.82, 2.24) is 5.32 Å². The van der Waals surface area contributed by atoms with E-state index in [0.717, 1.165) is 41.6 Å². The Labute approximate surface area is 180 Å². The van der Waals surface area contributed by atoms with Crippen molar-refractivity contribution >= 4 is 35.0 Å². The molecule has 1 aliphatic carbocycles. The summed E-state index contributed by atoms with van der Waals surface area (Å²) in [6, 6.07) is 13.6. The molecule has 0 aromatic heterocycles. The molecular formula is C24H23ClN2O3. The molecule has 6 heteroatoms. The summed E-state index contributed by atoms with van der Waals surface area (Å²) in [5, 5.41) is 2.94. The maximum Gasteiger partial charge on any atom is 0.234 e. The van der Waals surface area contributed by atoms with E-state index in [0.29, 0.717) is 24.3 Å². The SMILES string of the molecule is O=C1CCC(c2cccc(-c3ccc(N4C(=O)CCC45CCC5)cc3)c2Cl)C(=O)N1. The third-order valence-corrected chi connectivity index (χ3v) is 7.31. The second kappa shape index (κ2) is 7.24. The summed E-state index contributed by atoms with van der Waals surface area (Å²) < 4.78 is 0. The molecule has 2 aliphatic heterocycles. The van der Waals surface area contributed by atoms with Gasteiger partial charge in [0.25, 0.3) is 0 Å². The van der Waals surface area contributed by atoms with E-state index >= 15 is 0 Å². The number of rotatable bonds is 3. The third-order valence-electron chi connectivity index (χ3n) is 6.89. The minimum absolute atomic E-state index is 0.0297. The van der Waals surface area contributed by atoms with Gasteiger partial charge in [0, 0.05) is 29.6 Å². The highest BCUT2D eigenvalue weighted by Gasteiger charge is 2.49. The molecule has 5 nitrogen and oxygen atoms in total. The minimum Gasteiger partial charge on any atom is -0.306 e. The van der Waals surface area contributed by atoms with Crippen LogP contribution in [0.5, 0.6) is 0 Å². The van der Waals surface area contributed by atoms with Crippen molar-refractivity contribution in [2.24, 2.45) is 0 Å². The van der Waals surface area contributed by atoms with Crippen LogP contribution in [0.3, 0.4) is 0 Å². The normalized spacial score (nSPS) is 22.9. The number of carbonyl (C=O) groups is 3. The summed E-state index contributed by atoms with van der Waals surface area (Å²) in [4.78, 5) is 38.3. The molecule has 0 bridgehead atoms. The first-order valence-electron chi connectivity index (χ1n) is 10.5. The van der Waals surface area contributed by atoms with Gasteiger partial charge in [-0.05, 0) is 55.4 Å². The molecule has 3 aliphatic rings. The van der Waals surface area contributed by atoms with Crippen LogP contribution in [0.15, 0.2) is 42.5 Å². The number of nitrogens with one attached hydrogen (secondary N) is 1. The molecule has 2 saturated heterocycles. The van der Waals surface area contributed by atoms with Crippen molar-refractivity contribution in [1.29, 1.82) is 0 Å². The zero-order valence-electron chi connectivity index (χ0n) is 16.6. The Hall–Kier alpha value is -2.66. The van der Waals surface area contributed by atoms with Gasteiger partial charge in [-0.25, -0.2) is 0 Å². The summed E-state index contributed by atoms with van der Waals surface area (Å²) >= 11 is 6.72. The van der Waals surface area contributed by atoms with Gasteiger partial charge in [-0.3, -0.25) is 19.7 Å². The van der Waals surface area contributed by atoms with E-state index in [1.807, 2.05) is 47.4 Å². The molecule has 3 fully saturated rings. The number of anilines is 1. The van der Waals surface area contributed by atoms with E-state index in [2.05, 4.69) is 5.32 Å². The molecule has 1 spiro atoms. The van der Waals surface area contributed by atoms with Crippen molar-refractivity contribution in [3.8, 4) is 11.1 Å². The molecular weight excluding hydrogens is 400 g/mol. The van der Waals surface area contributed by atoms with Crippen LogP contribution in [0.2, 0.25) is 5.02 Å². The Kier molecular flexibility index (Phi) is 4.66. The fourth-order valence-corrected chi connectivity index (χ4v) is 5.49. The van der Waals surface area contributed by atoms with Crippen LogP contribution < -0.4 is 10.2 Å². The number of piperidine rings is 1. The fraction of sp³-hybridized carbons (Fsp3) is 0.375. The monoisotopic (exact) mass is 422 g/mol. The first-order valence-corrected chi connectivity index (χ1v) is 10.9. The van der Waals surface area contributed by atoms with Crippen molar-refractivity contribution in [3.05, 3.63) is 53.1 Å².